The Hall–Kier alpha value is -0.0761. The molecule has 0 aliphatic rings. The SMILES string of the molecule is CC(=O)Cc1[c-]cccn1.[Y]. The number of aromatic nitrogens is 1. The van der Waals surface area contributed by atoms with E-state index in [1.54, 1.807) is 25.3 Å². The molecule has 0 saturated carbocycles. The summed E-state index contributed by atoms with van der Waals surface area (Å²) in [5.41, 5.74) is 0.718. The Morgan fingerprint density at radius 3 is 2.91 bits per heavy atom. The Morgan fingerprint density at radius 1 is 1.73 bits per heavy atom. The molecular weight excluding hydrogens is 215 g/mol. The fourth-order valence-corrected chi connectivity index (χ4v) is 0.690. The minimum absolute atomic E-state index is 0. The van der Waals surface area contributed by atoms with Gasteiger partial charge in [0.05, 0.1) is 0 Å². The molecule has 55 valence electrons. The zero-order valence-corrected chi connectivity index (χ0v) is 9.21. The fraction of sp³-hybridized carbons (Fsp3) is 0.250. The van der Waals surface area contributed by atoms with Crippen molar-refractivity contribution in [2.24, 2.45) is 0 Å². The molecule has 1 aromatic heterocycles. The molecule has 1 aromatic rings. The molecule has 1 radical (unpaired) electrons. The van der Waals surface area contributed by atoms with E-state index < -0.39 is 0 Å². The first kappa shape index (κ1) is 10.9. The first-order chi connectivity index (χ1) is 4.79. The van der Waals surface area contributed by atoms with Crippen LogP contribution in [-0.2, 0) is 43.9 Å². The Kier molecular flexibility index (Phi) is 5.52. The summed E-state index contributed by atoms with van der Waals surface area (Å²) >= 11 is 0. The second-order valence-corrected chi connectivity index (χ2v) is 2.11. The molecule has 3 heteroatoms. The van der Waals surface area contributed by atoms with Gasteiger partial charge in [-0.25, -0.2) is 12.1 Å². The van der Waals surface area contributed by atoms with Crippen molar-refractivity contribution in [3.63, 3.8) is 0 Å². The maximum atomic E-state index is 10.6. The predicted molar refractivity (Wildman–Crippen MR) is 37.5 cm³/mol. The molecule has 0 amide bonds. The van der Waals surface area contributed by atoms with Crippen LogP contribution in [0.15, 0.2) is 18.3 Å². The van der Waals surface area contributed by atoms with Gasteiger partial charge in [0.2, 0.25) is 0 Å². The van der Waals surface area contributed by atoms with Gasteiger partial charge in [-0.2, -0.15) is 6.07 Å². The van der Waals surface area contributed by atoms with Crippen molar-refractivity contribution >= 4 is 5.78 Å². The molecule has 0 aliphatic heterocycles. The number of pyridine rings is 1. The quantitative estimate of drug-likeness (QED) is 0.700. The predicted octanol–water partition coefficient (Wildman–Crippen LogP) is 1.01. The number of carbonyl (C=O) groups is 1. The molecular formula is C8H8NOY-. The molecule has 0 saturated heterocycles. The van der Waals surface area contributed by atoms with E-state index in [1.807, 2.05) is 0 Å². The summed E-state index contributed by atoms with van der Waals surface area (Å²) in [4.78, 5) is 14.5. The average molecular weight is 223 g/mol. The minimum atomic E-state index is 0. The maximum Gasteiger partial charge on any atom is 0.134 e. The van der Waals surface area contributed by atoms with E-state index in [1.165, 1.54) is 0 Å². The van der Waals surface area contributed by atoms with Crippen LogP contribution in [0.5, 0.6) is 0 Å². The number of rotatable bonds is 2. The fourth-order valence-electron chi connectivity index (χ4n) is 0.690. The third-order valence-corrected chi connectivity index (χ3v) is 1.08. The summed E-state index contributed by atoms with van der Waals surface area (Å²) in [5, 5.41) is 0. The van der Waals surface area contributed by atoms with Crippen LogP contribution in [0.2, 0.25) is 0 Å². The number of carbonyl (C=O) groups excluding carboxylic acids is 1. The Balaban J connectivity index is 0.000001000. The number of ketones is 1. The molecule has 1 rings (SSSR count). The van der Waals surface area contributed by atoms with E-state index >= 15 is 0 Å². The number of nitrogens with zero attached hydrogens (tertiary/aromatic N) is 1. The van der Waals surface area contributed by atoms with Crippen LogP contribution in [0, 0.1) is 6.07 Å². The van der Waals surface area contributed by atoms with Gasteiger partial charge in [-0.1, -0.05) is 6.20 Å². The first-order valence-corrected chi connectivity index (χ1v) is 3.10. The summed E-state index contributed by atoms with van der Waals surface area (Å²) in [7, 11) is 0. The summed E-state index contributed by atoms with van der Waals surface area (Å²) in [6, 6.07) is 6.40. The number of Topliss-reactive ketones (excluding diaryl/α,β-unsaturated/α-hetero) is 1. The van der Waals surface area contributed by atoms with Crippen molar-refractivity contribution in [3.8, 4) is 0 Å². The Bertz CT molecular complexity index is 223. The molecule has 0 bridgehead atoms. The largest absolute Gasteiger partial charge is 0.300 e. The monoisotopic (exact) mass is 223 g/mol. The van der Waals surface area contributed by atoms with Gasteiger partial charge >= 0.3 is 0 Å². The van der Waals surface area contributed by atoms with Gasteiger partial charge in [-0.15, -0.1) is 0 Å². The van der Waals surface area contributed by atoms with E-state index in [2.05, 4.69) is 11.1 Å². The molecule has 0 N–H and O–H groups in total. The summed E-state index contributed by atoms with van der Waals surface area (Å²) < 4.78 is 0. The molecule has 0 unspecified atom stereocenters. The number of hydrogen-bond donors (Lipinski definition) is 0. The van der Waals surface area contributed by atoms with Crippen molar-refractivity contribution in [1.82, 2.24) is 4.98 Å². The van der Waals surface area contributed by atoms with Crippen molar-refractivity contribution in [1.29, 1.82) is 0 Å². The van der Waals surface area contributed by atoms with Crippen LogP contribution < -0.4 is 0 Å². The summed E-state index contributed by atoms with van der Waals surface area (Å²) in [5.74, 6) is 0.120. The van der Waals surface area contributed by atoms with E-state index in [0.29, 0.717) is 6.42 Å². The normalized spacial score (nSPS) is 8.45. The van der Waals surface area contributed by atoms with Crippen molar-refractivity contribution < 1.29 is 37.5 Å². The van der Waals surface area contributed by atoms with Crippen LogP contribution in [0.25, 0.3) is 0 Å². The smallest absolute Gasteiger partial charge is 0.134 e. The minimum Gasteiger partial charge on any atom is -0.300 e. The third kappa shape index (κ3) is 4.38. The van der Waals surface area contributed by atoms with Crippen LogP contribution in [0.4, 0.5) is 0 Å². The van der Waals surface area contributed by atoms with Gasteiger partial charge < -0.3 is 4.98 Å². The molecule has 2 nitrogen and oxygen atoms in total. The molecule has 0 fully saturated rings. The third-order valence-electron chi connectivity index (χ3n) is 1.08. The van der Waals surface area contributed by atoms with Gasteiger partial charge in [0.15, 0.2) is 0 Å². The summed E-state index contributed by atoms with van der Waals surface area (Å²) in [6.45, 7) is 1.54. The molecule has 0 aliphatic carbocycles. The molecule has 11 heavy (non-hydrogen) atoms. The Morgan fingerprint density at radius 2 is 2.45 bits per heavy atom. The van der Waals surface area contributed by atoms with Crippen molar-refractivity contribution in [2.75, 3.05) is 0 Å². The van der Waals surface area contributed by atoms with Gasteiger partial charge in [0.25, 0.3) is 0 Å². The van der Waals surface area contributed by atoms with E-state index in [9.17, 15) is 4.79 Å². The van der Waals surface area contributed by atoms with E-state index in [4.69, 9.17) is 0 Å². The van der Waals surface area contributed by atoms with Gasteiger partial charge in [0, 0.05) is 39.1 Å². The van der Waals surface area contributed by atoms with Crippen LogP contribution in [0.3, 0.4) is 0 Å². The standard InChI is InChI=1S/C8H8NO.Y/c1-7(10)6-8-4-2-3-5-9-8;/h2-3,5H,6H2,1H3;/q-1;. The van der Waals surface area contributed by atoms with Gasteiger partial charge in [-0.3, -0.25) is 4.79 Å². The number of hydrogen-bond acceptors (Lipinski definition) is 2. The molecule has 0 atom stereocenters. The topological polar surface area (TPSA) is 30.0 Å². The second-order valence-electron chi connectivity index (χ2n) is 2.11. The van der Waals surface area contributed by atoms with Crippen LogP contribution >= 0.6 is 0 Å². The second kappa shape index (κ2) is 5.56. The summed E-state index contributed by atoms with van der Waals surface area (Å²) in [6.07, 6.45) is 2.05. The molecule has 1 heterocycles. The molecule has 0 spiro atoms. The van der Waals surface area contributed by atoms with Crippen LogP contribution in [0.1, 0.15) is 12.6 Å². The van der Waals surface area contributed by atoms with Crippen molar-refractivity contribution in [2.45, 2.75) is 13.3 Å². The Labute approximate surface area is 91.3 Å². The first-order valence-electron chi connectivity index (χ1n) is 3.10. The van der Waals surface area contributed by atoms with Crippen LogP contribution in [-0.4, -0.2) is 10.8 Å². The van der Waals surface area contributed by atoms with Gasteiger partial charge in [-0.05, 0) is 12.6 Å². The maximum absolute atomic E-state index is 10.6. The van der Waals surface area contributed by atoms with Crippen molar-refractivity contribution in [3.05, 3.63) is 30.1 Å². The molecule has 0 aromatic carbocycles. The van der Waals surface area contributed by atoms with Gasteiger partial charge in [0.1, 0.15) is 5.78 Å². The van der Waals surface area contributed by atoms with E-state index in [-0.39, 0.29) is 38.5 Å². The van der Waals surface area contributed by atoms with E-state index in [0.717, 1.165) is 5.69 Å². The zero-order chi connectivity index (χ0) is 7.40. The average Bonchev–Trinajstić information content (AvgIpc) is 1.88. The zero-order valence-electron chi connectivity index (χ0n) is 6.37.